The molecule has 1 N–H and O–H groups in total. The van der Waals surface area contributed by atoms with Gasteiger partial charge in [-0.15, -0.1) is 0 Å². The number of hydrogen-bond donors (Lipinski definition) is 1. The monoisotopic (exact) mass is 261 g/mol. The van der Waals surface area contributed by atoms with Crippen molar-refractivity contribution >= 4 is 0 Å². The van der Waals surface area contributed by atoms with Crippen LogP contribution < -0.4 is 5.32 Å². The maximum atomic E-state index is 3.79. The highest BCUT2D eigenvalue weighted by Crippen LogP contribution is 2.09. The fraction of sp³-hybridized carbons (Fsp3) is 0.667. The fourth-order valence-electron chi connectivity index (χ4n) is 2.58. The average molecular weight is 261 g/mol. The Balaban J connectivity index is 2.27. The van der Waals surface area contributed by atoms with Crippen molar-refractivity contribution in [2.75, 3.05) is 0 Å². The number of rotatable bonds is 10. The Morgan fingerprint density at radius 3 is 2.37 bits per heavy atom. The third-order valence-electron chi connectivity index (χ3n) is 3.83. The van der Waals surface area contributed by atoms with Gasteiger partial charge in [-0.3, -0.25) is 0 Å². The highest BCUT2D eigenvalue weighted by Gasteiger charge is 2.10. The van der Waals surface area contributed by atoms with Gasteiger partial charge in [-0.05, 0) is 31.7 Å². The van der Waals surface area contributed by atoms with Gasteiger partial charge in [0.1, 0.15) is 0 Å². The molecular formula is C18H31N. The van der Waals surface area contributed by atoms with Crippen molar-refractivity contribution < 1.29 is 0 Å². The maximum Gasteiger partial charge on any atom is 0.0107 e. The molecule has 0 amide bonds. The number of nitrogens with one attached hydrogen (secondary N) is 1. The van der Waals surface area contributed by atoms with Crippen molar-refractivity contribution in [3.05, 3.63) is 35.9 Å². The summed E-state index contributed by atoms with van der Waals surface area (Å²) in [7, 11) is 0. The van der Waals surface area contributed by atoms with E-state index in [1.807, 2.05) is 0 Å². The largest absolute Gasteiger partial charge is 0.311 e. The first-order chi connectivity index (χ1) is 9.26. The molecule has 0 aromatic heterocycles. The molecule has 0 aliphatic rings. The molecule has 0 aliphatic heterocycles. The van der Waals surface area contributed by atoms with Gasteiger partial charge in [0.25, 0.3) is 0 Å². The van der Waals surface area contributed by atoms with Crippen molar-refractivity contribution in [1.29, 1.82) is 0 Å². The molecule has 0 bridgehead atoms. The van der Waals surface area contributed by atoms with E-state index in [2.05, 4.69) is 56.4 Å². The lowest BCUT2D eigenvalue weighted by Crippen LogP contribution is -2.37. The molecule has 2 unspecified atom stereocenters. The molecule has 0 heterocycles. The van der Waals surface area contributed by atoms with Crippen LogP contribution >= 0.6 is 0 Å². The molecule has 0 aliphatic carbocycles. The predicted octanol–water partition coefficient (Wildman–Crippen LogP) is 4.96. The van der Waals surface area contributed by atoms with E-state index in [4.69, 9.17) is 0 Å². The van der Waals surface area contributed by atoms with Gasteiger partial charge < -0.3 is 5.32 Å². The molecule has 0 fully saturated rings. The van der Waals surface area contributed by atoms with Crippen LogP contribution in [0.1, 0.15) is 64.9 Å². The van der Waals surface area contributed by atoms with Crippen molar-refractivity contribution in [2.45, 2.75) is 77.8 Å². The zero-order chi connectivity index (χ0) is 13.9. The van der Waals surface area contributed by atoms with Gasteiger partial charge in [0.2, 0.25) is 0 Å². The van der Waals surface area contributed by atoms with Gasteiger partial charge >= 0.3 is 0 Å². The van der Waals surface area contributed by atoms with Crippen LogP contribution in [0.4, 0.5) is 0 Å². The lowest BCUT2D eigenvalue weighted by molar-refractivity contribution is 0.403. The first-order valence-corrected chi connectivity index (χ1v) is 8.06. The number of benzene rings is 1. The molecule has 0 saturated carbocycles. The lowest BCUT2D eigenvalue weighted by atomic mass is 10.0. The van der Waals surface area contributed by atoms with E-state index >= 15 is 0 Å². The van der Waals surface area contributed by atoms with Gasteiger partial charge in [-0.2, -0.15) is 0 Å². The van der Waals surface area contributed by atoms with E-state index in [0.717, 1.165) is 6.42 Å². The second-order valence-corrected chi connectivity index (χ2v) is 5.71. The highest BCUT2D eigenvalue weighted by atomic mass is 14.9. The summed E-state index contributed by atoms with van der Waals surface area (Å²) in [5, 5.41) is 3.79. The van der Waals surface area contributed by atoms with Gasteiger partial charge in [-0.1, -0.05) is 69.9 Å². The maximum absolute atomic E-state index is 3.79. The lowest BCUT2D eigenvalue weighted by Gasteiger charge is -2.22. The fourth-order valence-corrected chi connectivity index (χ4v) is 2.58. The van der Waals surface area contributed by atoms with Gasteiger partial charge in [0, 0.05) is 12.1 Å². The van der Waals surface area contributed by atoms with Crippen LogP contribution in [0.25, 0.3) is 0 Å². The summed E-state index contributed by atoms with van der Waals surface area (Å²) in [5.41, 5.74) is 1.44. The van der Waals surface area contributed by atoms with E-state index in [9.17, 15) is 0 Å². The summed E-state index contributed by atoms with van der Waals surface area (Å²) < 4.78 is 0. The van der Waals surface area contributed by atoms with Crippen LogP contribution in [0.5, 0.6) is 0 Å². The minimum absolute atomic E-state index is 0.614. The normalized spacial score (nSPS) is 14.3. The quantitative estimate of drug-likeness (QED) is 0.587. The molecular weight excluding hydrogens is 230 g/mol. The minimum atomic E-state index is 0.614. The first kappa shape index (κ1) is 16.2. The summed E-state index contributed by atoms with van der Waals surface area (Å²) >= 11 is 0. The van der Waals surface area contributed by atoms with E-state index in [0.29, 0.717) is 12.1 Å². The Morgan fingerprint density at radius 1 is 1.00 bits per heavy atom. The Kier molecular flexibility index (Phi) is 8.57. The summed E-state index contributed by atoms with van der Waals surface area (Å²) in [4.78, 5) is 0. The van der Waals surface area contributed by atoms with Crippen LogP contribution in [-0.4, -0.2) is 12.1 Å². The predicted molar refractivity (Wildman–Crippen MR) is 85.6 cm³/mol. The Labute approximate surface area is 119 Å². The van der Waals surface area contributed by atoms with E-state index in [-0.39, 0.29) is 0 Å². The highest BCUT2D eigenvalue weighted by molar-refractivity contribution is 5.15. The standard InChI is InChI=1S/C18H31N/c1-4-6-7-9-12-16(3)19-18(5-2)15-17-13-10-8-11-14-17/h8,10-11,13-14,16,18-19H,4-7,9,12,15H2,1-3H3. The van der Waals surface area contributed by atoms with Crippen LogP contribution in [0.3, 0.4) is 0 Å². The van der Waals surface area contributed by atoms with Gasteiger partial charge in [0.05, 0.1) is 0 Å². The Hall–Kier alpha value is -0.820. The van der Waals surface area contributed by atoms with Crippen LogP contribution in [0, 0.1) is 0 Å². The molecule has 1 heteroatoms. The number of unbranched alkanes of at least 4 members (excludes halogenated alkanes) is 3. The minimum Gasteiger partial charge on any atom is -0.311 e. The molecule has 108 valence electrons. The van der Waals surface area contributed by atoms with Gasteiger partial charge in [0.15, 0.2) is 0 Å². The Bertz CT molecular complexity index is 307. The Morgan fingerprint density at radius 2 is 1.74 bits per heavy atom. The molecule has 19 heavy (non-hydrogen) atoms. The van der Waals surface area contributed by atoms with Crippen molar-refractivity contribution in [1.82, 2.24) is 5.32 Å². The van der Waals surface area contributed by atoms with Crippen LogP contribution in [0.15, 0.2) is 30.3 Å². The van der Waals surface area contributed by atoms with Gasteiger partial charge in [-0.25, -0.2) is 0 Å². The molecule has 1 nitrogen and oxygen atoms in total. The van der Waals surface area contributed by atoms with Crippen molar-refractivity contribution in [3.8, 4) is 0 Å². The molecule has 1 aromatic carbocycles. The first-order valence-electron chi connectivity index (χ1n) is 8.06. The summed E-state index contributed by atoms with van der Waals surface area (Å²) in [6.45, 7) is 6.89. The zero-order valence-corrected chi connectivity index (χ0v) is 13.0. The van der Waals surface area contributed by atoms with Crippen LogP contribution in [-0.2, 0) is 6.42 Å². The number of hydrogen-bond acceptors (Lipinski definition) is 1. The third-order valence-corrected chi connectivity index (χ3v) is 3.83. The van der Waals surface area contributed by atoms with E-state index in [1.54, 1.807) is 0 Å². The van der Waals surface area contributed by atoms with E-state index < -0.39 is 0 Å². The topological polar surface area (TPSA) is 12.0 Å². The smallest absolute Gasteiger partial charge is 0.0107 e. The van der Waals surface area contributed by atoms with Crippen LogP contribution in [0.2, 0.25) is 0 Å². The van der Waals surface area contributed by atoms with Crippen molar-refractivity contribution in [3.63, 3.8) is 0 Å². The summed E-state index contributed by atoms with van der Waals surface area (Å²) in [6, 6.07) is 12.1. The molecule has 0 radical (unpaired) electrons. The molecule has 2 atom stereocenters. The van der Waals surface area contributed by atoms with E-state index in [1.165, 1.54) is 44.1 Å². The molecule has 1 aromatic rings. The zero-order valence-electron chi connectivity index (χ0n) is 13.0. The molecule has 0 saturated heterocycles. The SMILES string of the molecule is CCCCCCC(C)NC(CC)Cc1ccccc1. The summed E-state index contributed by atoms with van der Waals surface area (Å²) in [6.07, 6.45) is 9.12. The average Bonchev–Trinajstić information content (AvgIpc) is 2.44. The molecule has 0 spiro atoms. The molecule has 1 rings (SSSR count). The second-order valence-electron chi connectivity index (χ2n) is 5.71. The second kappa shape index (κ2) is 10.0. The third kappa shape index (κ3) is 7.37. The van der Waals surface area contributed by atoms with Crippen molar-refractivity contribution in [2.24, 2.45) is 0 Å². The summed E-state index contributed by atoms with van der Waals surface area (Å²) in [5.74, 6) is 0.